The molecule has 0 radical (unpaired) electrons. The van der Waals surface area contributed by atoms with Gasteiger partial charge < -0.3 is 19.7 Å². The molecular weight excluding hydrogens is 344 g/mol. The standard InChI is InChI=1S/C22H40O5/c1-8-20(6,7)19(23)27-15-13-14-16(21(24,9-2)10-3)17(18(15)26-14)22(25,11-4)12-5/h14-18,24-25H,8-13H2,1-7H3. The second kappa shape index (κ2) is 8.00. The number of ether oxygens (including phenoxy) is 2. The largest absolute Gasteiger partial charge is 0.459 e. The highest BCUT2D eigenvalue weighted by Gasteiger charge is 2.65. The van der Waals surface area contributed by atoms with Gasteiger partial charge in [-0.05, 0) is 46.0 Å². The lowest BCUT2D eigenvalue weighted by molar-refractivity contribution is -0.172. The second-order valence-corrected chi connectivity index (χ2v) is 9.23. The first kappa shape index (κ1) is 22.6. The summed E-state index contributed by atoms with van der Waals surface area (Å²) < 4.78 is 12.1. The summed E-state index contributed by atoms with van der Waals surface area (Å²) in [7, 11) is 0. The summed E-state index contributed by atoms with van der Waals surface area (Å²) >= 11 is 0. The van der Waals surface area contributed by atoms with Crippen LogP contribution in [0.1, 0.15) is 87.0 Å². The normalized spacial score (nSPS) is 31.4. The Morgan fingerprint density at radius 1 is 0.926 bits per heavy atom. The Kier molecular flexibility index (Phi) is 6.71. The lowest BCUT2D eigenvalue weighted by atomic mass is 9.60. The zero-order valence-electron chi connectivity index (χ0n) is 18.2. The van der Waals surface area contributed by atoms with Crippen LogP contribution in [-0.4, -0.2) is 45.7 Å². The maximum absolute atomic E-state index is 12.6. The van der Waals surface area contributed by atoms with Gasteiger partial charge in [-0.3, -0.25) is 4.79 Å². The molecule has 0 aromatic heterocycles. The molecule has 5 heteroatoms. The summed E-state index contributed by atoms with van der Waals surface area (Å²) in [5.41, 5.74) is -2.34. The Morgan fingerprint density at radius 3 is 1.85 bits per heavy atom. The third kappa shape index (κ3) is 3.79. The van der Waals surface area contributed by atoms with Crippen molar-refractivity contribution in [1.29, 1.82) is 0 Å². The van der Waals surface area contributed by atoms with Crippen LogP contribution in [0.25, 0.3) is 0 Å². The van der Waals surface area contributed by atoms with Gasteiger partial charge in [0.2, 0.25) is 0 Å². The molecule has 0 aromatic rings. The van der Waals surface area contributed by atoms with Crippen molar-refractivity contribution in [3.05, 3.63) is 0 Å². The van der Waals surface area contributed by atoms with Crippen LogP contribution in [0.2, 0.25) is 0 Å². The Balaban J connectivity index is 2.34. The molecule has 2 aliphatic heterocycles. The fourth-order valence-corrected chi connectivity index (χ4v) is 5.01. The number of rotatable bonds is 9. The van der Waals surface area contributed by atoms with E-state index in [0.717, 1.165) is 0 Å². The molecule has 5 nitrogen and oxygen atoms in total. The first-order valence-electron chi connectivity index (χ1n) is 10.8. The number of esters is 1. The number of carbonyl (C=O) groups excluding carboxylic acids is 1. The van der Waals surface area contributed by atoms with Gasteiger partial charge in [-0.1, -0.05) is 34.6 Å². The Morgan fingerprint density at radius 2 is 1.41 bits per heavy atom. The van der Waals surface area contributed by atoms with Crippen molar-refractivity contribution >= 4 is 5.97 Å². The first-order valence-corrected chi connectivity index (χ1v) is 10.8. The predicted octanol–water partition coefficient (Wildman–Crippen LogP) is 3.84. The molecule has 0 saturated carbocycles. The highest BCUT2D eigenvalue weighted by Crippen LogP contribution is 2.55. The lowest BCUT2D eigenvalue weighted by Gasteiger charge is -2.48. The van der Waals surface area contributed by atoms with Crippen LogP contribution in [-0.2, 0) is 14.3 Å². The van der Waals surface area contributed by atoms with Crippen LogP contribution in [0.4, 0.5) is 0 Å². The molecule has 2 aliphatic rings. The van der Waals surface area contributed by atoms with E-state index in [2.05, 4.69) is 0 Å². The molecule has 2 heterocycles. The van der Waals surface area contributed by atoms with Crippen molar-refractivity contribution in [2.24, 2.45) is 17.3 Å². The fraction of sp³-hybridized carbons (Fsp3) is 0.955. The van der Waals surface area contributed by atoms with E-state index in [1.54, 1.807) is 0 Å². The molecule has 27 heavy (non-hydrogen) atoms. The minimum atomic E-state index is -0.937. The summed E-state index contributed by atoms with van der Waals surface area (Å²) in [6.45, 7) is 13.7. The van der Waals surface area contributed by atoms with Crippen LogP contribution in [0.3, 0.4) is 0 Å². The van der Waals surface area contributed by atoms with Crippen molar-refractivity contribution in [3.8, 4) is 0 Å². The van der Waals surface area contributed by atoms with Crippen LogP contribution in [0.15, 0.2) is 0 Å². The summed E-state index contributed by atoms with van der Waals surface area (Å²) in [6, 6.07) is 0. The number of carbonyl (C=O) groups is 1. The molecular formula is C22H40O5. The molecule has 2 bridgehead atoms. The Bertz CT molecular complexity index is 521. The molecule has 5 unspecified atom stereocenters. The monoisotopic (exact) mass is 384 g/mol. The third-order valence-corrected chi connectivity index (χ3v) is 7.69. The zero-order chi connectivity index (χ0) is 20.6. The number of hydrogen-bond acceptors (Lipinski definition) is 5. The predicted molar refractivity (Wildman–Crippen MR) is 105 cm³/mol. The minimum absolute atomic E-state index is 0.142. The van der Waals surface area contributed by atoms with Gasteiger partial charge in [-0.25, -0.2) is 0 Å². The quantitative estimate of drug-likeness (QED) is 0.591. The van der Waals surface area contributed by atoms with Crippen molar-refractivity contribution in [3.63, 3.8) is 0 Å². The second-order valence-electron chi connectivity index (χ2n) is 9.23. The van der Waals surface area contributed by atoms with Gasteiger partial charge in [0, 0.05) is 18.3 Å². The maximum Gasteiger partial charge on any atom is 0.311 e. The molecule has 2 fully saturated rings. The van der Waals surface area contributed by atoms with Gasteiger partial charge in [-0.15, -0.1) is 0 Å². The molecule has 0 amide bonds. The van der Waals surface area contributed by atoms with Gasteiger partial charge >= 0.3 is 5.97 Å². The Hall–Kier alpha value is -0.650. The van der Waals surface area contributed by atoms with E-state index in [4.69, 9.17) is 9.47 Å². The van der Waals surface area contributed by atoms with E-state index in [1.807, 2.05) is 48.5 Å². The van der Waals surface area contributed by atoms with E-state index >= 15 is 0 Å². The number of hydrogen-bond donors (Lipinski definition) is 2. The van der Waals surface area contributed by atoms with Crippen molar-refractivity contribution in [2.75, 3.05) is 0 Å². The fourth-order valence-electron chi connectivity index (χ4n) is 5.01. The number of fused-ring (bicyclic) bond motifs is 2. The highest BCUT2D eigenvalue weighted by atomic mass is 16.6. The summed E-state index contributed by atoms with van der Waals surface area (Å²) in [5.74, 6) is -0.588. The van der Waals surface area contributed by atoms with Crippen LogP contribution in [0.5, 0.6) is 0 Å². The molecule has 5 atom stereocenters. The molecule has 0 spiro atoms. The van der Waals surface area contributed by atoms with E-state index < -0.39 is 16.6 Å². The van der Waals surface area contributed by atoms with Gasteiger partial charge in [0.25, 0.3) is 0 Å². The van der Waals surface area contributed by atoms with Crippen molar-refractivity contribution in [1.82, 2.24) is 0 Å². The van der Waals surface area contributed by atoms with Gasteiger partial charge in [0.05, 0.1) is 22.7 Å². The van der Waals surface area contributed by atoms with E-state index in [0.29, 0.717) is 38.5 Å². The SMILES string of the molecule is CCC(C)(C)C(=O)OC1CC2OC1C(C(O)(CC)CC)C2C(O)(CC)CC. The summed E-state index contributed by atoms with van der Waals surface area (Å²) in [4.78, 5) is 12.6. The van der Waals surface area contributed by atoms with Crippen LogP contribution in [0, 0.1) is 17.3 Å². The van der Waals surface area contributed by atoms with E-state index in [9.17, 15) is 15.0 Å². The smallest absolute Gasteiger partial charge is 0.311 e. The molecule has 2 saturated heterocycles. The van der Waals surface area contributed by atoms with E-state index in [1.165, 1.54) is 0 Å². The van der Waals surface area contributed by atoms with Crippen molar-refractivity contribution in [2.45, 2.75) is 117 Å². The minimum Gasteiger partial charge on any atom is -0.459 e. The number of aliphatic hydroxyl groups is 2. The molecule has 0 aromatic carbocycles. The summed E-state index contributed by atoms with van der Waals surface area (Å²) in [5, 5.41) is 22.7. The van der Waals surface area contributed by atoms with Crippen LogP contribution < -0.4 is 0 Å². The lowest BCUT2D eigenvalue weighted by Crippen LogP contribution is -2.58. The Labute approximate surface area is 164 Å². The zero-order valence-corrected chi connectivity index (χ0v) is 18.2. The molecule has 2 rings (SSSR count). The summed E-state index contributed by atoms with van der Waals surface area (Å²) in [6.07, 6.45) is 2.83. The van der Waals surface area contributed by atoms with Gasteiger partial charge in [0.15, 0.2) is 0 Å². The average molecular weight is 385 g/mol. The maximum atomic E-state index is 12.6. The molecule has 0 aliphatic carbocycles. The van der Waals surface area contributed by atoms with E-state index in [-0.39, 0.29) is 36.1 Å². The average Bonchev–Trinajstić information content (AvgIpc) is 3.25. The third-order valence-electron chi connectivity index (χ3n) is 7.69. The first-order chi connectivity index (χ1) is 12.5. The van der Waals surface area contributed by atoms with Gasteiger partial charge in [0.1, 0.15) is 12.2 Å². The topological polar surface area (TPSA) is 76.0 Å². The van der Waals surface area contributed by atoms with Crippen LogP contribution >= 0.6 is 0 Å². The van der Waals surface area contributed by atoms with Crippen molar-refractivity contribution < 1.29 is 24.5 Å². The van der Waals surface area contributed by atoms with Gasteiger partial charge in [-0.2, -0.15) is 0 Å². The molecule has 2 N–H and O–H groups in total. The molecule has 158 valence electrons. The highest BCUT2D eigenvalue weighted by molar-refractivity contribution is 5.76.